The highest BCUT2D eigenvalue weighted by Crippen LogP contribution is 2.23. The van der Waals surface area contributed by atoms with Crippen LogP contribution in [0.15, 0.2) is 24.3 Å². The van der Waals surface area contributed by atoms with Gasteiger partial charge in [0.1, 0.15) is 5.75 Å². The summed E-state index contributed by atoms with van der Waals surface area (Å²) in [6.07, 6.45) is -0.591. The van der Waals surface area contributed by atoms with E-state index in [0.717, 1.165) is 18.8 Å². The summed E-state index contributed by atoms with van der Waals surface area (Å²) in [5.41, 5.74) is 3.24. The lowest BCUT2D eigenvalue weighted by molar-refractivity contribution is -0.129. The van der Waals surface area contributed by atoms with Gasteiger partial charge in [-0.1, -0.05) is 19.9 Å². The molecule has 112 valence electrons. The van der Waals surface area contributed by atoms with Gasteiger partial charge in [-0.15, -0.1) is 0 Å². The second-order valence-electron chi connectivity index (χ2n) is 4.96. The van der Waals surface area contributed by atoms with Crippen molar-refractivity contribution >= 4 is 11.6 Å². The molecule has 1 aromatic rings. The van der Waals surface area contributed by atoms with Crippen molar-refractivity contribution < 1.29 is 9.53 Å². The van der Waals surface area contributed by atoms with Gasteiger partial charge in [0.05, 0.1) is 0 Å². The van der Waals surface area contributed by atoms with Gasteiger partial charge in [0.2, 0.25) is 0 Å². The fourth-order valence-corrected chi connectivity index (χ4v) is 2.06. The molecule has 20 heavy (non-hydrogen) atoms. The van der Waals surface area contributed by atoms with Gasteiger partial charge in [-0.05, 0) is 31.9 Å². The monoisotopic (exact) mass is 279 g/mol. The van der Waals surface area contributed by atoms with E-state index >= 15 is 0 Å². The van der Waals surface area contributed by atoms with E-state index in [1.165, 1.54) is 0 Å². The van der Waals surface area contributed by atoms with E-state index in [4.69, 9.17) is 10.6 Å². The van der Waals surface area contributed by atoms with Gasteiger partial charge in [-0.3, -0.25) is 10.2 Å². The van der Waals surface area contributed by atoms with Crippen LogP contribution in [0.4, 0.5) is 5.69 Å². The first kappa shape index (κ1) is 16.3. The predicted octanol–water partition coefficient (Wildman–Crippen LogP) is 1.93. The van der Waals surface area contributed by atoms with E-state index in [-0.39, 0.29) is 11.8 Å². The van der Waals surface area contributed by atoms with Crippen LogP contribution in [0.2, 0.25) is 0 Å². The van der Waals surface area contributed by atoms with Crippen molar-refractivity contribution in [1.29, 1.82) is 0 Å². The van der Waals surface area contributed by atoms with E-state index in [0.29, 0.717) is 5.75 Å². The molecule has 0 saturated heterocycles. The summed E-state index contributed by atoms with van der Waals surface area (Å²) < 4.78 is 5.79. The molecule has 1 atom stereocenters. The Bertz CT molecular complexity index is 431. The van der Waals surface area contributed by atoms with E-state index in [9.17, 15) is 4.79 Å². The summed E-state index contributed by atoms with van der Waals surface area (Å²) in [5.74, 6) is 5.60. The molecule has 1 unspecified atom stereocenters. The third kappa shape index (κ3) is 4.13. The molecule has 5 nitrogen and oxygen atoms in total. The Hall–Kier alpha value is -1.75. The van der Waals surface area contributed by atoms with Crippen LogP contribution in [0.5, 0.6) is 5.75 Å². The van der Waals surface area contributed by atoms with Gasteiger partial charge >= 0.3 is 0 Å². The number of nitrogens with two attached hydrogens (primary N) is 1. The number of carbonyl (C=O) groups excluding carboxylic acids is 1. The van der Waals surface area contributed by atoms with Crippen LogP contribution in [0, 0.1) is 5.92 Å². The Kier molecular flexibility index (Phi) is 6.31. The smallest absolute Gasteiger partial charge is 0.275 e. The quantitative estimate of drug-likeness (QED) is 0.454. The van der Waals surface area contributed by atoms with Gasteiger partial charge in [-0.25, -0.2) is 5.84 Å². The van der Waals surface area contributed by atoms with Crippen LogP contribution in [0.1, 0.15) is 27.7 Å². The standard InChI is InChI=1S/C15H25N3O2/c1-5-18(6-2)12-8-7-9-13(10-12)20-14(11(3)4)15(19)17-16/h7-11,14H,5-6,16H2,1-4H3,(H,17,19). The minimum Gasteiger partial charge on any atom is -0.480 e. The third-order valence-electron chi connectivity index (χ3n) is 3.22. The average molecular weight is 279 g/mol. The maximum absolute atomic E-state index is 11.7. The molecular formula is C15H25N3O2. The number of nitrogens with one attached hydrogen (secondary N) is 1. The first-order chi connectivity index (χ1) is 9.53. The predicted molar refractivity (Wildman–Crippen MR) is 81.6 cm³/mol. The second-order valence-corrected chi connectivity index (χ2v) is 4.96. The van der Waals surface area contributed by atoms with Crippen molar-refractivity contribution in [2.75, 3.05) is 18.0 Å². The fraction of sp³-hybridized carbons (Fsp3) is 0.533. The van der Waals surface area contributed by atoms with Gasteiger partial charge in [0.15, 0.2) is 6.10 Å². The number of carbonyl (C=O) groups is 1. The van der Waals surface area contributed by atoms with E-state index in [1.54, 1.807) is 0 Å². The molecule has 0 fully saturated rings. The van der Waals surface area contributed by atoms with Crippen molar-refractivity contribution in [3.8, 4) is 5.75 Å². The minimum absolute atomic E-state index is 0.0376. The number of anilines is 1. The minimum atomic E-state index is -0.591. The largest absolute Gasteiger partial charge is 0.480 e. The molecule has 1 rings (SSSR count). The topological polar surface area (TPSA) is 67.6 Å². The first-order valence-corrected chi connectivity index (χ1v) is 7.05. The zero-order valence-corrected chi connectivity index (χ0v) is 12.7. The molecular weight excluding hydrogens is 254 g/mol. The molecule has 0 saturated carbocycles. The zero-order chi connectivity index (χ0) is 15.1. The maximum atomic E-state index is 11.7. The van der Waals surface area contributed by atoms with E-state index < -0.39 is 6.10 Å². The number of hydrazine groups is 1. The summed E-state index contributed by atoms with van der Waals surface area (Å²) in [6, 6.07) is 7.77. The molecule has 0 aliphatic rings. The van der Waals surface area contributed by atoms with Crippen molar-refractivity contribution in [2.45, 2.75) is 33.8 Å². The molecule has 0 aliphatic carbocycles. The summed E-state index contributed by atoms with van der Waals surface area (Å²) in [5, 5.41) is 0. The lowest BCUT2D eigenvalue weighted by atomic mass is 10.1. The molecule has 1 amide bonds. The molecule has 0 radical (unpaired) electrons. The number of hydrogen-bond acceptors (Lipinski definition) is 4. The molecule has 0 heterocycles. The van der Waals surface area contributed by atoms with Crippen LogP contribution in [-0.2, 0) is 4.79 Å². The molecule has 0 aliphatic heterocycles. The number of nitrogens with zero attached hydrogens (tertiary/aromatic N) is 1. The van der Waals surface area contributed by atoms with Crippen LogP contribution >= 0.6 is 0 Å². The highest BCUT2D eigenvalue weighted by molar-refractivity contribution is 5.80. The molecule has 0 spiro atoms. The van der Waals surface area contributed by atoms with E-state index in [2.05, 4.69) is 24.2 Å². The van der Waals surface area contributed by atoms with Crippen LogP contribution in [0.25, 0.3) is 0 Å². The summed E-state index contributed by atoms with van der Waals surface area (Å²) in [4.78, 5) is 13.9. The summed E-state index contributed by atoms with van der Waals surface area (Å²) in [7, 11) is 0. The number of ether oxygens (including phenoxy) is 1. The highest BCUT2D eigenvalue weighted by atomic mass is 16.5. The van der Waals surface area contributed by atoms with E-state index in [1.807, 2.05) is 38.1 Å². The molecule has 5 heteroatoms. The summed E-state index contributed by atoms with van der Waals surface area (Å²) >= 11 is 0. The fourth-order valence-electron chi connectivity index (χ4n) is 2.06. The Morgan fingerprint density at radius 1 is 1.35 bits per heavy atom. The zero-order valence-electron chi connectivity index (χ0n) is 12.7. The highest BCUT2D eigenvalue weighted by Gasteiger charge is 2.23. The number of benzene rings is 1. The maximum Gasteiger partial charge on any atom is 0.275 e. The lowest BCUT2D eigenvalue weighted by Crippen LogP contribution is -2.44. The molecule has 1 aromatic carbocycles. The van der Waals surface area contributed by atoms with Crippen LogP contribution in [0.3, 0.4) is 0 Å². The van der Waals surface area contributed by atoms with Gasteiger partial charge < -0.3 is 9.64 Å². The third-order valence-corrected chi connectivity index (χ3v) is 3.22. The summed E-state index contributed by atoms with van der Waals surface area (Å²) in [6.45, 7) is 9.92. The van der Waals surface area contributed by atoms with Crippen molar-refractivity contribution in [3.63, 3.8) is 0 Å². The van der Waals surface area contributed by atoms with Gasteiger partial charge in [0.25, 0.3) is 5.91 Å². The van der Waals surface area contributed by atoms with Crippen molar-refractivity contribution in [1.82, 2.24) is 5.43 Å². The number of hydrogen-bond donors (Lipinski definition) is 2. The Morgan fingerprint density at radius 2 is 2.00 bits per heavy atom. The average Bonchev–Trinajstić information content (AvgIpc) is 2.45. The normalized spacial score (nSPS) is 12.1. The number of amides is 1. The second kappa shape index (κ2) is 7.75. The van der Waals surface area contributed by atoms with Crippen LogP contribution in [-0.4, -0.2) is 25.1 Å². The Labute approximate surface area is 121 Å². The van der Waals surface area contributed by atoms with Crippen LogP contribution < -0.4 is 20.9 Å². The van der Waals surface area contributed by atoms with Gasteiger partial charge in [0, 0.05) is 24.8 Å². The molecule has 3 N–H and O–H groups in total. The van der Waals surface area contributed by atoms with Crippen molar-refractivity contribution in [2.24, 2.45) is 11.8 Å². The first-order valence-electron chi connectivity index (χ1n) is 7.05. The molecule has 0 bridgehead atoms. The number of rotatable bonds is 7. The lowest BCUT2D eigenvalue weighted by Gasteiger charge is -2.24. The molecule has 0 aromatic heterocycles. The Balaban J connectivity index is 2.91. The Morgan fingerprint density at radius 3 is 2.50 bits per heavy atom. The van der Waals surface area contributed by atoms with Crippen molar-refractivity contribution in [3.05, 3.63) is 24.3 Å². The SMILES string of the molecule is CCN(CC)c1cccc(OC(C(=O)NN)C(C)C)c1. The van der Waals surface area contributed by atoms with Gasteiger partial charge in [-0.2, -0.15) is 0 Å².